The average Bonchev–Trinajstić information content (AvgIpc) is 2.26. The fourth-order valence-corrected chi connectivity index (χ4v) is 2.31. The van der Waals surface area contributed by atoms with Gasteiger partial charge in [0.2, 0.25) is 0 Å². The molecule has 0 radical (unpaired) electrons. The summed E-state index contributed by atoms with van der Waals surface area (Å²) in [6.07, 6.45) is 0. The predicted octanol–water partition coefficient (Wildman–Crippen LogP) is 3.47. The molecule has 1 fully saturated rings. The molecule has 100 valence electrons. The number of aromatic nitrogens is 1. The van der Waals surface area contributed by atoms with Gasteiger partial charge in [-0.3, -0.25) is 4.98 Å². The van der Waals surface area contributed by atoms with Crippen LogP contribution in [-0.4, -0.2) is 18.1 Å². The molecular formula is C16H19ClN2. The Morgan fingerprint density at radius 3 is 2.26 bits per heavy atom. The molecule has 1 aliphatic heterocycles. The van der Waals surface area contributed by atoms with E-state index >= 15 is 0 Å². The van der Waals surface area contributed by atoms with E-state index in [9.17, 15) is 0 Å². The second-order valence-electron chi connectivity index (χ2n) is 5.14. The fraction of sp³-hybridized carbons (Fsp3) is 0.312. The van der Waals surface area contributed by atoms with Gasteiger partial charge in [0.15, 0.2) is 0 Å². The van der Waals surface area contributed by atoms with Crippen LogP contribution in [0.5, 0.6) is 0 Å². The van der Waals surface area contributed by atoms with E-state index in [0.29, 0.717) is 5.92 Å². The van der Waals surface area contributed by atoms with E-state index in [2.05, 4.69) is 60.5 Å². The van der Waals surface area contributed by atoms with Gasteiger partial charge in [-0.25, -0.2) is 0 Å². The van der Waals surface area contributed by atoms with Crippen molar-refractivity contribution in [1.82, 2.24) is 10.3 Å². The Morgan fingerprint density at radius 1 is 1.00 bits per heavy atom. The van der Waals surface area contributed by atoms with Crippen LogP contribution in [0.3, 0.4) is 0 Å². The summed E-state index contributed by atoms with van der Waals surface area (Å²) < 4.78 is 0. The number of aryl methyl sites for hydroxylation is 2. The van der Waals surface area contributed by atoms with Gasteiger partial charge in [-0.15, -0.1) is 12.4 Å². The molecule has 3 rings (SSSR count). The van der Waals surface area contributed by atoms with E-state index in [1.54, 1.807) is 0 Å². The number of nitrogens with zero attached hydrogens (tertiary/aromatic N) is 1. The van der Waals surface area contributed by atoms with E-state index in [4.69, 9.17) is 0 Å². The third-order valence-electron chi connectivity index (χ3n) is 3.56. The fourth-order valence-electron chi connectivity index (χ4n) is 2.31. The molecule has 0 saturated carbocycles. The second-order valence-corrected chi connectivity index (χ2v) is 5.14. The molecule has 0 bridgehead atoms. The zero-order valence-electron chi connectivity index (χ0n) is 11.3. The summed E-state index contributed by atoms with van der Waals surface area (Å²) in [5.74, 6) is 0.592. The van der Waals surface area contributed by atoms with Gasteiger partial charge in [-0.2, -0.15) is 0 Å². The summed E-state index contributed by atoms with van der Waals surface area (Å²) in [7, 11) is 0. The van der Waals surface area contributed by atoms with E-state index < -0.39 is 0 Å². The van der Waals surface area contributed by atoms with Crippen LogP contribution < -0.4 is 5.32 Å². The van der Waals surface area contributed by atoms with Crippen LogP contribution in [0.4, 0.5) is 0 Å². The highest BCUT2D eigenvalue weighted by atomic mass is 35.5. The highest BCUT2D eigenvalue weighted by molar-refractivity contribution is 5.85. The summed E-state index contributed by atoms with van der Waals surface area (Å²) in [5, 5.41) is 3.31. The van der Waals surface area contributed by atoms with E-state index in [1.807, 2.05) is 0 Å². The lowest BCUT2D eigenvalue weighted by molar-refractivity contribution is 0.439. The predicted molar refractivity (Wildman–Crippen MR) is 82.0 cm³/mol. The number of benzene rings is 1. The van der Waals surface area contributed by atoms with Crippen molar-refractivity contribution in [2.24, 2.45) is 0 Å². The van der Waals surface area contributed by atoms with E-state index in [1.165, 1.54) is 22.4 Å². The normalized spacial score (nSPS) is 14.6. The molecular weight excluding hydrogens is 256 g/mol. The van der Waals surface area contributed by atoms with Crippen molar-refractivity contribution in [2.45, 2.75) is 19.8 Å². The molecule has 2 heterocycles. The van der Waals surface area contributed by atoms with Crippen molar-refractivity contribution in [1.29, 1.82) is 0 Å². The van der Waals surface area contributed by atoms with Gasteiger partial charge in [0, 0.05) is 30.4 Å². The molecule has 2 nitrogen and oxygen atoms in total. The van der Waals surface area contributed by atoms with Crippen molar-refractivity contribution in [3.8, 4) is 11.1 Å². The third-order valence-corrected chi connectivity index (χ3v) is 3.56. The molecule has 0 amide bonds. The molecule has 0 aliphatic carbocycles. The van der Waals surface area contributed by atoms with Crippen molar-refractivity contribution in [3.63, 3.8) is 0 Å². The van der Waals surface area contributed by atoms with Crippen LogP contribution in [0, 0.1) is 13.8 Å². The Balaban J connectivity index is 0.00000133. The monoisotopic (exact) mass is 274 g/mol. The second kappa shape index (κ2) is 5.72. The first-order valence-corrected chi connectivity index (χ1v) is 6.49. The average molecular weight is 275 g/mol. The first-order chi connectivity index (χ1) is 8.72. The Hall–Kier alpha value is -1.38. The van der Waals surface area contributed by atoms with Crippen molar-refractivity contribution < 1.29 is 0 Å². The Bertz CT molecular complexity index is 559. The molecule has 1 aromatic heterocycles. The molecule has 1 N–H and O–H groups in total. The van der Waals surface area contributed by atoms with Crippen LogP contribution in [0.15, 0.2) is 36.4 Å². The quantitative estimate of drug-likeness (QED) is 0.907. The van der Waals surface area contributed by atoms with E-state index in [0.717, 1.165) is 18.8 Å². The van der Waals surface area contributed by atoms with Gasteiger partial charge in [-0.1, -0.05) is 29.8 Å². The molecule has 2 aromatic rings. The number of nitrogens with one attached hydrogen (secondary N) is 1. The van der Waals surface area contributed by atoms with Crippen LogP contribution in [0.2, 0.25) is 0 Å². The Labute approximate surface area is 120 Å². The molecule has 3 heteroatoms. The van der Waals surface area contributed by atoms with Gasteiger partial charge in [0.1, 0.15) is 0 Å². The minimum Gasteiger partial charge on any atom is -0.315 e. The zero-order valence-corrected chi connectivity index (χ0v) is 12.1. The summed E-state index contributed by atoms with van der Waals surface area (Å²) in [6, 6.07) is 13.1. The molecule has 1 saturated heterocycles. The lowest BCUT2D eigenvalue weighted by atomic mass is 9.95. The summed E-state index contributed by atoms with van der Waals surface area (Å²) in [6.45, 7) is 6.31. The molecule has 0 spiro atoms. The third kappa shape index (κ3) is 2.96. The highest BCUT2D eigenvalue weighted by Gasteiger charge is 2.20. The summed E-state index contributed by atoms with van der Waals surface area (Å²) in [5.41, 5.74) is 6.19. The van der Waals surface area contributed by atoms with Gasteiger partial charge in [-0.05, 0) is 37.1 Å². The number of hydrogen-bond acceptors (Lipinski definition) is 2. The van der Waals surface area contributed by atoms with Crippen LogP contribution >= 0.6 is 12.4 Å². The zero-order chi connectivity index (χ0) is 12.5. The largest absolute Gasteiger partial charge is 0.315 e. The van der Waals surface area contributed by atoms with Crippen molar-refractivity contribution in [3.05, 3.63) is 53.3 Å². The maximum Gasteiger partial charge on any atom is 0.0469 e. The minimum absolute atomic E-state index is 0. The van der Waals surface area contributed by atoms with Crippen LogP contribution in [0.1, 0.15) is 22.9 Å². The smallest absolute Gasteiger partial charge is 0.0469 e. The van der Waals surface area contributed by atoms with Crippen molar-refractivity contribution >= 4 is 12.4 Å². The number of pyridine rings is 1. The summed E-state index contributed by atoms with van der Waals surface area (Å²) in [4.78, 5) is 4.66. The SMILES string of the molecule is Cc1ccc(-c2cc(C)nc(C3CNC3)c2)cc1.Cl. The molecule has 0 unspecified atom stereocenters. The van der Waals surface area contributed by atoms with Gasteiger partial charge in [0.05, 0.1) is 0 Å². The lowest BCUT2D eigenvalue weighted by Crippen LogP contribution is -2.40. The summed E-state index contributed by atoms with van der Waals surface area (Å²) >= 11 is 0. The number of halogens is 1. The van der Waals surface area contributed by atoms with Crippen LogP contribution in [-0.2, 0) is 0 Å². The molecule has 19 heavy (non-hydrogen) atoms. The van der Waals surface area contributed by atoms with Crippen LogP contribution in [0.25, 0.3) is 11.1 Å². The Morgan fingerprint density at radius 2 is 1.68 bits per heavy atom. The first kappa shape index (κ1) is 14.0. The van der Waals surface area contributed by atoms with Crippen molar-refractivity contribution in [2.75, 3.05) is 13.1 Å². The Kier molecular flexibility index (Phi) is 4.23. The van der Waals surface area contributed by atoms with Gasteiger partial charge in [0.25, 0.3) is 0 Å². The first-order valence-electron chi connectivity index (χ1n) is 6.49. The van der Waals surface area contributed by atoms with Gasteiger partial charge >= 0.3 is 0 Å². The highest BCUT2D eigenvalue weighted by Crippen LogP contribution is 2.26. The standard InChI is InChI=1S/C16H18N2.ClH/c1-11-3-5-13(6-4-11)14-7-12(2)18-16(8-14)15-9-17-10-15;/h3-8,15,17H,9-10H2,1-2H3;1H. The minimum atomic E-state index is 0. The maximum atomic E-state index is 4.66. The van der Waals surface area contributed by atoms with E-state index in [-0.39, 0.29) is 12.4 Å². The molecule has 1 aromatic carbocycles. The number of rotatable bonds is 2. The topological polar surface area (TPSA) is 24.9 Å². The maximum absolute atomic E-state index is 4.66. The van der Waals surface area contributed by atoms with Gasteiger partial charge < -0.3 is 5.32 Å². The lowest BCUT2D eigenvalue weighted by Gasteiger charge is -2.27. The number of hydrogen-bond donors (Lipinski definition) is 1. The molecule has 1 aliphatic rings. The molecule has 0 atom stereocenters.